The molecule has 0 N–H and O–H groups in total. The summed E-state index contributed by atoms with van der Waals surface area (Å²) in [7, 11) is -1.94. The standard InChI is InChI=1S/C17H17N5O3S3/c1-10-14(26-15(19-10)11-5-4-7-18-9-11)16-20-13-12(21-25-2)6-8-22(17(13)27-16)28(3,23)24/h4-5,7,9H,6,8H2,1-3H3. The first kappa shape index (κ1) is 19.0. The summed E-state index contributed by atoms with van der Waals surface area (Å²) >= 11 is 2.84. The van der Waals surface area contributed by atoms with Crippen molar-refractivity contribution in [3.63, 3.8) is 0 Å². The van der Waals surface area contributed by atoms with E-state index in [0.29, 0.717) is 29.4 Å². The molecule has 0 aliphatic carbocycles. The van der Waals surface area contributed by atoms with Gasteiger partial charge in [0, 0.05) is 30.9 Å². The Labute approximate surface area is 170 Å². The lowest BCUT2D eigenvalue weighted by molar-refractivity contribution is 0.212. The molecule has 3 aromatic heterocycles. The fraction of sp³-hybridized carbons (Fsp3) is 0.294. The third kappa shape index (κ3) is 3.40. The van der Waals surface area contributed by atoms with Crippen molar-refractivity contribution in [1.82, 2.24) is 15.0 Å². The largest absolute Gasteiger partial charge is 0.399 e. The molecule has 4 heterocycles. The molecule has 0 fully saturated rings. The van der Waals surface area contributed by atoms with E-state index < -0.39 is 10.0 Å². The zero-order valence-corrected chi connectivity index (χ0v) is 17.9. The molecule has 1 aliphatic rings. The van der Waals surface area contributed by atoms with Crippen molar-refractivity contribution in [2.24, 2.45) is 5.16 Å². The quantitative estimate of drug-likeness (QED) is 0.584. The maximum Gasteiger partial charge on any atom is 0.232 e. The van der Waals surface area contributed by atoms with Gasteiger partial charge in [-0.2, -0.15) is 0 Å². The van der Waals surface area contributed by atoms with E-state index in [0.717, 1.165) is 26.1 Å². The van der Waals surface area contributed by atoms with Crippen molar-refractivity contribution in [3.8, 4) is 20.5 Å². The Morgan fingerprint density at radius 1 is 1.25 bits per heavy atom. The number of rotatable bonds is 4. The predicted octanol–water partition coefficient (Wildman–Crippen LogP) is 3.16. The van der Waals surface area contributed by atoms with Gasteiger partial charge in [-0.15, -0.1) is 11.3 Å². The first-order valence-corrected chi connectivity index (χ1v) is 11.8. The van der Waals surface area contributed by atoms with Crippen LogP contribution in [0.4, 0.5) is 5.00 Å². The summed E-state index contributed by atoms with van der Waals surface area (Å²) in [5.41, 5.74) is 2.97. The Kier molecular flexibility index (Phi) is 4.89. The second-order valence-electron chi connectivity index (χ2n) is 6.15. The highest BCUT2D eigenvalue weighted by Crippen LogP contribution is 2.43. The SMILES string of the molecule is CON=C1CCN(S(C)(=O)=O)c2sc(-c3sc(-c4cccnc4)nc3C)nc21. The van der Waals surface area contributed by atoms with Crippen molar-refractivity contribution >= 4 is 43.4 Å². The van der Waals surface area contributed by atoms with Gasteiger partial charge in [-0.25, -0.2) is 18.4 Å². The van der Waals surface area contributed by atoms with Gasteiger partial charge in [-0.05, 0) is 19.1 Å². The predicted molar refractivity (Wildman–Crippen MR) is 112 cm³/mol. The molecular formula is C17H17N5O3S3. The highest BCUT2D eigenvalue weighted by molar-refractivity contribution is 7.92. The molecule has 146 valence electrons. The Morgan fingerprint density at radius 2 is 2.07 bits per heavy atom. The topological polar surface area (TPSA) is 97.6 Å². The van der Waals surface area contributed by atoms with E-state index in [1.54, 1.807) is 12.4 Å². The first-order chi connectivity index (χ1) is 13.4. The number of hydrogen-bond acceptors (Lipinski definition) is 9. The van der Waals surface area contributed by atoms with Gasteiger partial charge in [0.2, 0.25) is 10.0 Å². The number of pyridine rings is 1. The number of anilines is 1. The van der Waals surface area contributed by atoms with Crippen molar-refractivity contribution in [3.05, 3.63) is 35.9 Å². The molecule has 3 aromatic rings. The Hall–Kier alpha value is -2.37. The van der Waals surface area contributed by atoms with Gasteiger partial charge in [0.05, 0.1) is 16.8 Å². The van der Waals surface area contributed by atoms with Crippen LogP contribution in [0.2, 0.25) is 0 Å². The Morgan fingerprint density at radius 3 is 2.75 bits per heavy atom. The number of aromatic nitrogens is 3. The zero-order chi connectivity index (χ0) is 19.9. The van der Waals surface area contributed by atoms with Crippen LogP contribution in [-0.2, 0) is 14.9 Å². The van der Waals surface area contributed by atoms with Crippen LogP contribution in [-0.4, -0.2) is 49.0 Å². The molecule has 8 nitrogen and oxygen atoms in total. The van der Waals surface area contributed by atoms with Crippen LogP contribution in [0.3, 0.4) is 0 Å². The number of sulfonamides is 1. The highest BCUT2D eigenvalue weighted by atomic mass is 32.2. The normalized spacial score (nSPS) is 15.7. The van der Waals surface area contributed by atoms with Gasteiger partial charge in [-0.1, -0.05) is 16.5 Å². The van der Waals surface area contributed by atoms with E-state index in [1.807, 2.05) is 19.1 Å². The molecule has 28 heavy (non-hydrogen) atoms. The van der Waals surface area contributed by atoms with E-state index in [-0.39, 0.29) is 0 Å². The van der Waals surface area contributed by atoms with Crippen molar-refractivity contribution < 1.29 is 13.3 Å². The monoisotopic (exact) mass is 435 g/mol. The van der Waals surface area contributed by atoms with Crippen LogP contribution in [0.5, 0.6) is 0 Å². The van der Waals surface area contributed by atoms with Crippen LogP contribution in [0.15, 0.2) is 29.7 Å². The molecule has 11 heteroatoms. The van der Waals surface area contributed by atoms with Crippen LogP contribution in [0.25, 0.3) is 20.5 Å². The number of fused-ring (bicyclic) bond motifs is 1. The minimum absolute atomic E-state index is 0.318. The van der Waals surface area contributed by atoms with Crippen molar-refractivity contribution in [2.75, 3.05) is 24.2 Å². The number of oxime groups is 1. The number of aryl methyl sites for hydroxylation is 1. The number of hydrogen-bond donors (Lipinski definition) is 0. The molecular weight excluding hydrogens is 418 g/mol. The molecule has 4 rings (SSSR count). The Balaban J connectivity index is 1.83. The third-order valence-electron chi connectivity index (χ3n) is 4.16. The highest BCUT2D eigenvalue weighted by Gasteiger charge is 2.33. The summed E-state index contributed by atoms with van der Waals surface area (Å²) in [6, 6.07) is 3.82. The van der Waals surface area contributed by atoms with Gasteiger partial charge in [-0.3, -0.25) is 9.29 Å². The fourth-order valence-electron chi connectivity index (χ4n) is 2.92. The van der Waals surface area contributed by atoms with E-state index in [4.69, 9.17) is 9.82 Å². The summed E-state index contributed by atoms with van der Waals surface area (Å²) in [4.78, 5) is 19.3. The molecule has 0 radical (unpaired) electrons. The van der Waals surface area contributed by atoms with Crippen LogP contribution >= 0.6 is 22.7 Å². The molecule has 0 saturated heterocycles. The maximum atomic E-state index is 12.2. The minimum atomic E-state index is -3.41. The average molecular weight is 436 g/mol. The van der Waals surface area contributed by atoms with Gasteiger partial charge in [0.1, 0.15) is 33.5 Å². The molecule has 0 atom stereocenters. The molecule has 1 aliphatic heterocycles. The second-order valence-corrected chi connectivity index (χ2v) is 10.0. The summed E-state index contributed by atoms with van der Waals surface area (Å²) in [6.45, 7) is 2.24. The lowest BCUT2D eigenvalue weighted by atomic mass is 10.1. The van der Waals surface area contributed by atoms with E-state index in [2.05, 4.69) is 15.1 Å². The summed E-state index contributed by atoms with van der Waals surface area (Å²) in [6.07, 6.45) is 5.13. The molecule has 0 aromatic carbocycles. The summed E-state index contributed by atoms with van der Waals surface area (Å²) in [5, 5.41) is 6.17. The fourth-order valence-corrected chi connectivity index (χ4v) is 6.45. The molecule has 0 amide bonds. The average Bonchev–Trinajstić information content (AvgIpc) is 3.26. The third-order valence-corrected chi connectivity index (χ3v) is 7.88. The van der Waals surface area contributed by atoms with Gasteiger partial charge < -0.3 is 4.84 Å². The first-order valence-electron chi connectivity index (χ1n) is 8.35. The van der Waals surface area contributed by atoms with Crippen LogP contribution in [0, 0.1) is 6.92 Å². The van der Waals surface area contributed by atoms with Crippen LogP contribution in [0.1, 0.15) is 17.8 Å². The van der Waals surface area contributed by atoms with Gasteiger partial charge in [0.25, 0.3) is 0 Å². The summed E-state index contributed by atoms with van der Waals surface area (Å²) < 4.78 is 25.9. The van der Waals surface area contributed by atoms with E-state index >= 15 is 0 Å². The smallest absolute Gasteiger partial charge is 0.232 e. The number of thiazole rings is 2. The van der Waals surface area contributed by atoms with Crippen molar-refractivity contribution in [2.45, 2.75) is 13.3 Å². The lowest BCUT2D eigenvalue weighted by Crippen LogP contribution is -2.36. The number of nitrogens with zero attached hydrogens (tertiary/aromatic N) is 5. The second kappa shape index (κ2) is 7.22. The zero-order valence-electron chi connectivity index (χ0n) is 15.4. The van der Waals surface area contributed by atoms with Crippen molar-refractivity contribution in [1.29, 1.82) is 0 Å². The Bertz CT molecular complexity index is 1150. The minimum Gasteiger partial charge on any atom is -0.399 e. The van der Waals surface area contributed by atoms with Crippen LogP contribution < -0.4 is 4.31 Å². The molecule has 0 bridgehead atoms. The molecule has 0 saturated carbocycles. The lowest BCUT2D eigenvalue weighted by Gasteiger charge is -2.25. The van der Waals surface area contributed by atoms with Gasteiger partial charge in [0.15, 0.2) is 0 Å². The maximum absolute atomic E-state index is 12.2. The molecule has 0 spiro atoms. The van der Waals surface area contributed by atoms with E-state index in [1.165, 1.54) is 40.3 Å². The van der Waals surface area contributed by atoms with Gasteiger partial charge >= 0.3 is 0 Å². The molecule has 0 unspecified atom stereocenters. The summed E-state index contributed by atoms with van der Waals surface area (Å²) in [5.74, 6) is 0. The van der Waals surface area contributed by atoms with E-state index in [9.17, 15) is 8.42 Å².